The average molecular weight is 302 g/mol. The molecule has 3 aromatic rings. The number of hydrogen-bond donors (Lipinski definition) is 0. The van der Waals surface area contributed by atoms with Crippen molar-refractivity contribution < 1.29 is 9.32 Å². The lowest BCUT2D eigenvalue weighted by Crippen LogP contribution is -2.03. The molecular weight excluding hydrogens is 290 g/mol. The molecule has 21 heavy (non-hydrogen) atoms. The van der Waals surface area contributed by atoms with Gasteiger partial charge in [0.05, 0.1) is 12.7 Å². The molecule has 0 unspecified atom stereocenters. The Bertz CT molecular complexity index is 749. The van der Waals surface area contributed by atoms with Crippen LogP contribution in [0.5, 0.6) is 0 Å². The van der Waals surface area contributed by atoms with Gasteiger partial charge in [0.25, 0.3) is 0 Å². The number of aromatic nitrogens is 3. The molecule has 0 amide bonds. The first-order valence-corrected chi connectivity index (χ1v) is 6.79. The molecule has 0 spiro atoms. The van der Waals surface area contributed by atoms with Crippen molar-refractivity contribution in [2.24, 2.45) is 0 Å². The maximum absolute atomic E-state index is 12.0. The van der Waals surface area contributed by atoms with Gasteiger partial charge in [0, 0.05) is 18.7 Å². The van der Waals surface area contributed by atoms with Gasteiger partial charge in [0.15, 0.2) is 11.5 Å². The summed E-state index contributed by atoms with van der Waals surface area (Å²) in [6.45, 7) is 0.671. The Balaban J connectivity index is 1.66. The number of halogens is 1. The number of nitrogens with zero attached hydrogens (tertiary/aromatic N) is 3. The Morgan fingerprint density at radius 1 is 1.24 bits per heavy atom. The molecule has 0 saturated carbocycles. The Morgan fingerprint density at radius 3 is 2.76 bits per heavy atom. The minimum atomic E-state index is -0.148. The Hall–Kier alpha value is -2.40. The van der Waals surface area contributed by atoms with Gasteiger partial charge in [-0.15, -0.1) is 0 Å². The quantitative estimate of drug-likeness (QED) is 0.680. The summed E-state index contributed by atoms with van der Waals surface area (Å²) in [5, 5.41) is 7.97. The monoisotopic (exact) mass is 301 g/mol. The summed E-state index contributed by atoms with van der Waals surface area (Å²) in [4.78, 5) is 12.0. The topological polar surface area (TPSA) is 60.9 Å². The lowest BCUT2D eigenvalue weighted by atomic mass is 10.1. The molecule has 2 aromatic heterocycles. The zero-order valence-electron chi connectivity index (χ0n) is 11.1. The van der Waals surface area contributed by atoms with Gasteiger partial charge in [0.1, 0.15) is 0 Å². The van der Waals surface area contributed by atoms with Gasteiger partial charge in [-0.05, 0) is 22.7 Å². The van der Waals surface area contributed by atoms with Crippen molar-refractivity contribution in [1.82, 2.24) is 14.9 Å². The van der Waals surface area contributed by atoms with Gasteiger partial charge in [0.2, 0.25) is 5.22 Å². The lowest BCUT2D eigenvalue weighted by molar-refractivity contribution is 0.0984. The zero-order chi connectivity index (χ0) is 14.7. The highest BCUT2D eigenvalue weighted by Gasteiger charge is 2.13. The molecule has 0 fully saturated rings. The molecule has 3 rings (SSSR count). The normalized spacial score (nSPS) is 10.7. The van der Waals surface area contributed by atoms with Crippen molar-refractivity contribution in [3.63, 3.8) is 0 Å². The van der Waals surface area contributed by atoms with Crippen LogP contribution < -0.4 is 0 Å². The van der Waals surface area contributed by atoms with Crippen LogP contribution in [0.25, 0.3) is 0 Å². The first-order valence-electron chi connectivity index (χ1n) is 6.41. The molecule has 0 atom stereocenters. The van der Waals surface area contributed by atoms with E-state index in [0.29, 0.717) is 6.54 Å². The second-order valence-corrected chi connectivity index (χ2v) is 5.02. The van der Waals surface area contributed by atoms with Crippen LogP contribution in [-0.4, -0.2) is 20.7 Å². The highest BCUT2D eigenvalue weighted by Crippen LogP contribution is 2.12. The van der Waals surface area contributed by atoms with Gasteiger partial charge in [-0.2, -0.15) is 5.10 Å². The summed E-state index contributed by atoms with van der Waals surface area (Å²) in [6, 6.07) is 11.4. The maximum Gasteiger partial charge on any atom is 0.226 e. The van der Waals surface area contributed by atoms with Crippen LogP contribution in [0.4, 0.5) is 0 Å². The Labute approximate surface area is 126 Å². The van der Waals surface area contributed by atoms with Crippen LogP contribution in [0.2, 0.25) is 5.22 Å². The van der Waals surface area contributed by atoms with Crippen LogP contribution >= 0.6 is 11.6 Å². The molecule has 106 valence electrons. The number of ketones is 1. The predicted molar refractivity (Wildman–Crippen MR) is 77.3 cm³/mol. The van der Waals surface area contributed by atoms with Crippen molar-refractivity contribution in [3.8, 4) is 0 Å². The third-order valence-electron chi connectivity index (χ3n) is 3.01. The smallest absolute Gasteiger partial charge is 0.226 e. The van der Waals surface area contributed by atoms with E-state index in [4.69, 9.17) is 11.6 Å². The van der Waals surface area contributed by atoms with E-state index in [-0.39, 0.29) is 23.1 Å². The number of benzene rings is 1. The van der Waals surface area contributed by atoms with E-state index in [1.165, 1.54) is 6.07 Å². The van der Waals surface area contributed by atoms with Gasteiger partial charge in [-0.3, -0.25) is 9.48 Å². The summed E-state index contributed by atoms with van der Waals surface area (Å²) in [6.07, 6.45) is 3.76. The molecule has 5 nitrogen and oxygen atoms in total. The largest absolute Gasteiger partial charge is 0.344 e. The minimum Gasteiger partial charge on any atom is -0.344 e. The number of rotatable bonds is 5. The second-order valence-electron chi connectivity index (χ2n) is 4.65. The van der Waals surface area contributed by atoms with Gasteiger partial charge in [-0.25, -0.2) is 0 Å². The fourth-order valence-electron chi connectivity index (χ4n) is 2.01. The van der Waals surface area contributed by atoms with Crippen LogP contribution in [-0.2, 0) is 13.0 Å². The molecule has 0 radical (unpaired) electrons. The summed E-state index contributed by atoms with van der Waals surface area (Å²) in [5.74, 6) is -0.148. The van der Waals surface area contributed by atoms with Gasteiger partial charge < -0.3 is 4.52 Å². The first-order chi connectivity index (χ1) is 10.2. The minimum absolute atomic E-state index is 0.109. The van der Waals surface area contributed by atoms with E-state index in [2.05, 4.69) is 14.8 Å². The lowest BCUT2D eigenvalue weighted by Gasteiger charge is -2.00. The third kappa shape index (κ3) is 3.38. The molecule has 0 aliphatic carbocycles. The summed E-state index contributed by atoms with van der Waals surface area (Å²) < 4.78 is 6.48. The van der Waals surface area contributed by atoms with E-state index >= 15 is 0 Å². The third-order valence-corrected chi connectivity index (χ3v) is 3.18. The summed E-state index contributed by atoms with van der Waals surface area (Å²) in [5.41, 5.74) is 2.22. The van der Waals surface area contributed by atoms with Crippen molar-refractivity contribution >= 4 is 17.4 Å². The van der Waals surface area contributed by atoms with E-state index in [1.807, 2.05) is 36.5 Å². The second kappa shape index (κ2) is 5.93. The van der Waals surface area contributed by atoms with Crippen LogP contribution in [0.3, 0.4) is 0 Å². The van der Waals surface area contributed by atoms with Crippen molar-refractivity contribution in [2.75, 3.05) is 0 Å². The molecule has 6 heteroatoms. The van der Waals surface area contributed by atoms with Crippen molar-refractivity contribution in [2.45, 2.75) is 13.0 Å². The molecule has 0 N–H and O–H groups in total. The fourth-order valence-corrected chi connectivity index (χ4v) is 2.15. The molecule has 1 aromatic carbocycles. The van der Waals surface area contributed by atoms with E-state index in [1.54, 1.807) is 10.9 Å². The van der Waals surface area contributed by atoms with E-state index < -0.39 is 0 Å². The molecule has 0 saturated heterocycles. The van der Waals surface area contributed by atoms with Crippen molar-refractivity contribution in [1.29, 1.82) is 0 Å². The molecular formula is C15H12ClN3O2. The van der Waals surface area contributed by atoms with Gasteiger partial charge >= 0.3 is 0 Å². The molecule has 2 heterocycles. The van der Waals surface area contributed by atoms with Crippen LogP contribution in [0.15, 0.2) is 53.3 Å². The Morgan fingerprint density at radius 2 is 2.05 bits per heavy atom. The van der Waals surface area contributed by atoms with Crippen LogP contribution in [0, 0.1) is 0 Å². The van der Waals surface area contributed by atoms with E-state index in [9.17, 15) is 4.79 Å². The maximum atomic E-state index is 12.0. The SMILES string of the molecule is O=C(Cc1cnn(Cc2ccccc2)c1)c1cc(Cl)on1. The summed E-state index contributed by atoms with van der Waals surface area (Å²) >= 11 is 5.60. The highest BCUT2D eigenvalue weighted by molar-refractivity contribution is 6.29. The zero-order valence-corrected chi connectivity index (χ0v) is 11.8. The highest BCUT2D eigenvalue weighted by atomic mass is 35.5. The fraction of sp³-hybridized carbons (Fsp3) is 0.133. The number of carbonyl (C=O) groups is 1. The van der Waals surface area contributed by atoms with Crippen LogP contribution in [0.1, 0.15) is 21.6 Å². The molecule has 0 aliphatic heterocycles. The molecule has 0 bridgehead atoms. The summed E-state index contributed by atoms with van der Waals surface area (Å²) in [7, 11) is 0. The standard InChI is InChI=1S/C15H12ClN3O2/c16-15-7-13(18-21-15)14(20)6-12-8-17-19(10-12)9-11-4-2-1-3-5-11/h1-5,7-8,10H,6,9H2. The van der Waals surface area contributed by atoms with E-state index in [0.717, 1.165) is 11.1 Å². The first kappa shape index (κ1) is 13.6. The number of hydrogen-bond acceptors (Lipinski definition) is 4. The number of Topliss-reactive ketones (excluding diaryl/α,β-unsaturated/α-hetero) is 1. The molecule has 0 aliphatic rings. The Kier molecular flexibility index (Phi) is 3.83. The van der Waals surface area contributed by atoms with Crippen molar-refractivity contribution in [3.05, 3.63) is 70.8 Å². The predicted octanol–water partition coefficient (Wildman–Crippen LogP) is 3.00. The number of carbonyl (C=O) groups excluding carboxylic acids is 1. The average Bonchev–Trinajstić information content (AvgIpc) is 3.09. The van der Waals surface area contributed by atoms with Gasteiger partial charge in [-0.1, -0.05) is 35.5 Å².